The van der Waals surface area contributed by atoms with Crippen molar-refractivity contribution in [1.82, 2.24) is 4.57 Å². The maximum atomic E-state index is 12.2. The Labute approximate surface area is 149 Å². The molecule has 0 atom stereocenters. The van der Waals surface area contributed by atoms with E-state index in [0.717, 1.165) is 9.58 Å². The Bertz CT molecular complexity index is 1000. The lowest BCUT2D eigenvalue weighted by atomic mass is 10.3. The van der Waals surface area contributed by atoms with Crippen LogP contribution in [0.25, 0.3) is 10.2 Å². The second-order valence-corrected chi connectivity index (χ2v) is 7.73. The van der Waals surface area contributed by atoms with Gasteiger partial charge in [-0.25, -0.2) is 0 Å². The molecule has 24 heavy (non-hydrogen) atoms. The molecule has 0 saturated heterocycles. The first-order valence-electron chi connectivity index (χ1n) is 7.07. The topological polar surface area (TPSA) is 77.5 Å². The minimum Gasteiger partial charge on any atom is -0.316 e. The summed E-state index contributed by atoms with van der Waals surface area (Å²) in [5.41, 5.74) is 0.732. The van der Waals surface area contributed by atoms with Crippen molar-refractivity contribution in [2.24, 2.45) is 4.99 Å². The fraction of sp³-hybridized carbons (Fsp3) is 0.200. The molecule has 0 spiro atoms. The summed E-state index contributed by atoms with van der Waals surface area (Å²) in [6, 6.07) is 8.21. The molecule has 2 aromatic heterocycles. The molecular weight excluding hydrogens is 370 g/mol. The first-order valence-corrected chi connectivity index (χ1v) is 9.08. The zero-order chi connectivity index (χ0) is 17.3. The molecule has 2 heterocycles. The van der Waals surface area contributed by atoms with E-state index in [0.29, 0.717) is 21.2 Å². The van der Waals surface area contributed by atoms with Crippen LogP contribution in [-0.2, 0) is 17.8 Å². The van der Waals surface area contributed by atoms with Crippen LogP contribution < -0.4 is 4.80 Å². The summed E-state index contributed by atoms with van der Waals surface area (Å²) in [5, 5.41) is 10.9. The number of benzene rings is 1. The van der Waals surface area contributed by atoms with Gasteiger partial charge in [0, 0.05) is 23.6 Å². The standard InChI is InChI=1S/C15H12ClN3O3S2/c1-2-18-11-7-9(19(21)22)3-5-12(11)24-15(18)17-14(20)8-10-4-6-13(16)23-10/h3-7H,2,8H2,1H3. The Morgan fingerprint density at radius 1 is 1.33 bits per heavy atom. The van der Waals surface area contributed by atoms with Gasteiger partial charge in [-0.15, -0.1) is 11.3 Å². The number of thiophene rings is 1. The van der Waals surface area contributed by atoms with Crippen molar-refractivity contribution in [3.8, 4) is 0 Å². The summed E-state index contributed by atoms with van der Waals surface area (Å²) in [4.78, 5) is 28.3. The number of aryl methyl sites for hydroxylation is 1. The number of carbonyl (C=O) groups is 1. The van der Waals surface area contributed by atoms with Gasteiger partial charge >= 0.3 is 0 Å². The van der Waals surface area contributed by atoms with E-state index in [2.05, 4.69) is 4.99 Å². The largest absolute Gasteiger partial charge is 0.316 e. The first-order chi connectivity index (χ1) is 11.5. The molecule has 0 fully saturated rings. The average Bonchev–Trinajstić information content (AvgIpc) is 3.08. The van der Waals surface area contributed by atoms with Crippen molar-refractivity contribution in [1.29, 1.82) is 0 Å². The van der Waals surface area contributed by atoms with Gasteiger partial charge in [-0.05, 0) is 25.1 Å². The molecule has 3 aromatic rings. The Hall–Kier alpha value is -2.03. The monoisotopic (exact) mass is 381 g/mol. The Balaban J connectivity index is 2.01. The molecule has 0 radical (unpaired) electrons. The van der Waals surface area contributed by atoms with Crippen molar-refractivity contribution < 1.29 is 9.72 Å². The van der Waals surface area contributed by atoms with Gasteiger partial charge in [0.05, 0.1) is 25.9 Å². The molecule has 0 bridgehead atoms. The summed E-state index contributed by atoms with van der Waals surface area (Å²) >= 11 is 8.56. The highest BCUT2D eigenvalue weighted by atomic mass is 35.5. The second-order valence-electron chi connectivity index (χ2n) is 4.93. The molecule has 0 N–H and O–H groups in total. The van der Waals surface area contributed by atoms with Crippen LogP contribution in [-0.4, -0.2) is 15.4 Å². The lowest BCUT2D eigenvalue weighted by Gasteiger charge is -2.00. The molecule has 0 aliphatic rings. The summed E-state index contributed by atoms with van der Waals surface area (Å²) in [6.07, 6.45) is 0.190. The number of nitro benzene ring substituents is 1. The van der Waals surface area contributed by atoms with Gasteiger partial charge < -0.3 is 4.57 Å². The van der Waals surface area contributed by atoms with Gasteiger partial charge in [0.2, 0.25) is 0 Å². The van der Waals surface area contributed by atoms with E-state index in [9.17, 15) is 14.9 Å². The highest BCUT2D eigenvalue weighted by Crippen LogP contribution is 2.24. The molecule has 0 unspecified atom stereocenters. The van der Waals surface area contributed by atoms with Crippen LogP contribution in [0.4, 0.5) is 5.69 Å². The number of hydrogen-bond acceptors (Lipinski definition) is 5. The number of hydrogen-bond donors (Lipinski definition) is 0. The number of halogens is 1. The van der Waals surface area contributed by atoms with Gasteiger partial charge in [0.25, 0.3) is 11.6 Å². The third-order valence-corrected chi connectivity index (χ3v) is 5.66. The molecule has 124 valence electrons. The maximum Gasteiger partial charge on any atom is 0.271 e. The van der Waals surface area contributed by atoms with Crippen molar-refractivity contribution in [3.05, 3.63) is 54.5 Å². The smallest absolute Gasteiger partial charge is 0.271 e. The highest BCUT2D eigenvalue weighted by molar-refractivity contribution is 7.16. The van der Waals surface area contributed by atoms with Crippen molar-refractivity contribution in [2.75, 3.05) is 0 Å². The molecule has 0 saturated carbocycles. The number of thiazole rings is 1. The van der Waals surface area contributed by atoms with E-state index < -0.39 is 4.92 Å². The Kier molecular flexibility index (Phi) is 4.79. The summed E-state index contributed by atoms with van der Waals surface area (Å²) in [6.45, 7) is 2.48. The fourth-order valence-electron chi connectivity index (χ4n) is 2.30. The SMILES string of the molecule is CCn1c(=NC(=O)Cc2ccc(Cl)s2)sc2ccc([N+](=O)[O-])cc21. The predicted octanol–water partition coefficient (Wildman–Crippen LogP) is 4.02. The molecule has 9 heteroatoms. The number of aromatic nitrogens is 1. The van der Waals surface area contributed by atoms with Crippen LogP contribution >= 0.6 is 34.3 Å². The zero-order valence-corrected chi connectivity index (χ0v) is 15.0. The maximum absolute atomic E-state index is 12.2. The van der Waals surface area contributed by atoms with E-state index in [1.54, 1.807) is 12.1 Å². The van der Waals surface area contributed by atoms with Crippen molar-refractivity contribution in [3.63, 3.8) is 0 Å². The third kappa shape index (κ3) is 3.40. The van der Waals surface area contributed by atoms with Crippen LogP contribution in [0.3, 0.4) is 0 Å². The molecule has 1 aromatic carbocycles. The van der Waals surface area contributed by atoms with Crippen LogP contribution in [0.15, 0.2) is 35.3 Å². The molecule has 0 aliphatic heterocycles. The summed E-state index contributed by atoms with van der Waals surface area (Å²) in [7, 11) is 0. The second kappa shape index (κ2) is 6.84. The number of nitro groups is 1. The lowest BCUT2D eigenvalue weighted by molar-refractivity contribution is -0.384. The summed E-state index contributed by atoms with van der Waals surface area (Å²) < 4.78 is 3.30. The van der Waals surface area contributed by atoms with Crippen LogP contribution in [0.1, 0.15) is 11.8 Å². The van der Waals surface area contributed by atoms with Gasteiger partial charge in [0.1, 0.15) is 0 Å². The fourth-order valence-corrected chi connectivity index (χ4v) is 4.47. The lowest BCUT2D eigenvalue weighted by Crippen LogP contribution is -2.16. The van der Waals surface area contributed by atoms with Crippen molar-refractivity contribution >= 4 is 56.1 Å². The molecular formula is C15H12ClN3O3S2. The van der Waals surface area contributed by atoms with Crippen molar-refractivity contribution in [2.45, 2.75) is 19.9 Å². The van der Waals surface area contributed by atoms with Gasteiger partial charge in [-0.1, -0.05) is 22.9 Å². The average molecular weight is 382 g/mol. The number of nitrogens with zero attached hydrogens (tertiary/aromatic N) is 3. The van der Waals surface area contributed by atoms with Gasteiger partial charge in [-0.3, -0.25) is 14.9 Å². The molecule has 3 rings (SSSR count). The van der Waals surface area contributed by atoms with Crippen LogP contribution in [0.5, 0.6) is 0 Å². The number of carbonyl (C=O) groups excluding carboxylic acids is 1. The normalized spacial score (nSPS) is 12.0. The Morgan fingerprint density at radius 3 is 2.75 bits per heavy atom. The number of fused-ring (bicyclic) bond motifs is 1. The minimum absolute atomic E-state index is 0.0219. The Morgan fingerprint density at radius 2 is 2.12 bits per heavy atom. The van der Waals surface area contributed by atoms with E-state index in [1.165, 1.54) is 34.8 Å². The van der Waals surface area contributed by atoms with Gasteiger partial charge in [-0.2, -0.15) is 4.99 Å². The summed E-state index contributed by atoms with van der Waals surface area (Å²) in [5.74, 6) is -0.267. The minimum atomic E-state index is -0.431. The number of non-ortho nitro benzene ring substituents is 1. The van der Waals surface area contributed by atoms with Crippen LogP contribution in [0, 0.1) is 10.1 Å². The number of rotatable bonds is 4. The molecule has 6 nitrogen and oxygen atoms in total. The van der Waals surface area contributed by atoms with E-state index in [-0.39, 0.29) is 18.0 Å². The van der Waals surface area contributed by atoms with E-state index in [1.807, 2.05) is 17.6 Å². The third-order valence-electron chi connectivity index (χ3n) is 3.37. The number of amides is 1. The van der Waals surface area contributed by atoms with E-state index >= 15 is 0 Å². The quantitative estimate of drug-likeness (QED) is 0.506. The highest BCUT2D eigenvalue weighted by Gasteiger charge is 2.12. The first kappa shape index (κ1) is 16.8. The predicted molar refractivity (Wildman–Crippen MR) is 95.7 cm³/mol. The van der Waals surface area contributed by atoms with Crippen LogP contribution in [0.2, 0.25) is 4.34 Å². The molecule has 0 aliphatic carbocycles. The van der Waals surface area contributed by atoms with E-state index in [4.69, 9.17) is 11.6 Å². The van der Waals surface area contributed by atoms with Gasteiger partial charge in [0.15, 0.2) is 4.80 Å². The zero-order valence-electron chi connectivity index (χ0n) is 12.6. The molecule has 1 amide bonds.